The quantitative estimate of drug-likeness (QED) is 0.751. The van der Waals surface area contributed by atoms with E-state index in [9.17, 15) is 4.79 Å². The van der Waals surface area contributed by atoms with Crippen LogP contribution in [0.15, 0.2) is 18.7 Å². The van der Waals surface area contributed by atoms with Crippen molar-refractivity contribution in [2.75, 3.05) is 20.2 Å². The molecule has 1 saturated heterocycles. The number of carbonyl (C=O) groups excluding carboxylic acids is 1. The zero-order valence-electron chi connectivity index (χ0n) is 10.9. The normalized spacial score (nSPS) is 24.8. The van der Waals surface area contributed by atoms with E-state index < -0.39 is 0 Å². The highest BCUT2D eigenvalue weighted by atomic mass is 16.5. The van der Waals surface area contributed by atoms with Gasteiger partial charge in [0.25, 0.3) is 0 Å². The molecule has 0 aromatic carbocycles. The average molecular weight is 249 g/mol. The summed E-state index contributed by atoms with van der Waals surface area (Å²) in [5, 5.41) is 0. The highest BCUT2D eigenvalue weighted by Crippen LogP contribution is 2.25. The Morgan fingerprint density at radius 2 is 2.22 bits per heavy atom. The van der Waals surface area contributed by atoms with Gasteiger partial charge < -0.3 is 4.74 Å². The topological polar surface area (TPSA) is 55.3 Å². The van der Waals surface area contributed by atoms with E-state index in [4.69, 9.17) is 4.74 Å². The fraction of sp³-hybridized carbons (Fsp3) is 0.615. The predicted molar refractivity (Wildman–Crippen MR) is 66.6 cm³/mol. The van der Waals surface area contributed by atoms with Gasteiger partial charge in [-0.1, -0.05) is 6.92 Å². The Morgan fingerprint density at radius 1 is 1.50 bits per heavy atom. The van der Waals surface area contributed by atoms with Gasteiger partial charge in [0.1, 0.15) is 6.33 Å². The molecule has 2 unspecified atom stereocenters. The summed E-state index contributed by atoms with van der Waals surface area (Å²) in [5.74, 6) is 0.291. The van der Waals surface area contributed by atoms with Gasteiger partial charge in [0.2, 0.25) is 0 Å². The van der Waals surface area contributed by atoms with Gasteiger partial charge in [-0.15, -0.1) is 0 Å². The largest absolute Gasteiger partial charge is 0.469 e. The van der Waals surface area contributed by atoms with E-state index in [2.05, 4.69) is 21.8 Å². The Labute approximate surface area is 107 Å². The van der Waals surface area contributed by atoms with Crippen molar-refractivity contribution in [1.29, 1.82) is 0 Å². The first-order valence-electron chi connectivity index (χ1n) is 6.24. The van der Waals surface area contributed by atoms with E-state index in [0.29, 0.717) is 5.92 Å². The summed E-state index contributed by atoms with van der Waals surface area (Å²) in [7, 11) is 1.46. The Morgan fingerprint density at radius 3 is 2.83 bits per heavy atom. The number of likely N-dealkylation sites (tertiary alicyclic amines) is 1. The van der Waals surface area contributed by atoms with Gasteiger partial charge in [-0.3, -0.25) is 9.69 Å². The molecular formula is C13H19N3O2. The van der Waals surface area contributed by atoms with Crippen molar-refractivity contribution in [2.45, 2.75) is 19.9 Å². The summed E-state index contributed by atoms with van der Waals surface area (Å²) in [4.78, 5) is 21.9. The van der Waals surface area contributed by atoms with Crippen LogP contribution < -0.4 is 0 Å². The average Bonchev–Trinajstić information content (AvgIpc) is 2.39. The highest BCUT2D eigenvalue weighted by Gasteiger charge is 2.31. The number of hydrogen-bond acceptors (Lipinski definition) is 5. The second-order valence-corrected chi connectivity index (χ2v) is 4.88. The summed E-state index contributed by atoms with van der Waals surface area (Å²) in [6.07, 6.45) is 6.07. The Hall–Kier alpha value is -1.49. The molecule has 0 radical (unpaired) electrons. The van der Waals surface area contributed by atoms with Crippen LogP contribution in [0.25, 0.3) is 0 Å². The van der Waals surface area contributed by atoms with Crippen LogP contribution in [-0.2, 0) is 16.1 Å². The molecule has 0 amide bonds. The van der Waals surface area contributed by atoms with E-state index in [1.165, 1.54) is 13.4 Å². The van der Waals surface area contributed by atoms with Crippen LogP contribution in [-0.4, -0.2) is 41.0 Å². The Balaban J connectivity index is 1.90. The number of piperidine rings is 1. The summed E-state index contributed by atoms with van der Waals surface area (Å²) in [6, 6.07) is 0. The minimum atomic E-state index is -0.0785. The molecule has 0 aliphatic carbocycles. The van der Waals surface area contributed by atoms with Crippen molar-refractivity contribution in [1.82, 2.24) is 14.9 Å². The molecule has 1 aromatic heterocycles. The van der Waals surface area contributed by atoms with E-state index in [1.807, 2.05) is 12.4 Å². The van der Waals surface area contributed by atoms with Crippen molar-refractivity contribution in [3.8, 4) is 0 Å². The first kappa shape index (κ1) is 13.0. The molecule has 2 atom stereocenters. The maximum Gasteiger partial charge on any atom is 0.309 e. The minimum absolute atomic E-state index is 0.0401. The highest BCUT2D eigenvalue weighted by molar-refractivity contribution is 5.72. The van der Waals surface area contributed by atoms with Gasteiger partial charge in [-0.2, -0.15) is 0 Å². The fourth-order valence-corrected chi connectivity index (χ4v) is 2.55. The number of aromatic nitrogens is 2. The van der Waals surface area contributed by atoms with E-state index in [0.717, 1.165) is 31.6 Å². The number of esters is 1. The monoisotopic (exact) mass is 249 g/mol. The molecule has 18 heavy (non-hydrogen) atoms. The molecule has 1 aliphatic heterocycles. The number of nitrogens with zero attached hydrogens (tertiary/aromatic N) is 3. The van der Waals surface area contributed by atoms with Gasteiger partial charge in [-0.05, 0) is 18.9 Å². The SMILES string of the molecule is COC(=O)C1CCN(Cc2cncnc2)CC1C. The lowest BCUT2D eigenvalue weighted by molar-refractivity contribution is -0.149. The molecule has 0 saturated carbocycles. The van der Waals surface area contributed by atoms with Crippen LogP contribution >= 0.6 is 0 Å². The molecule has 0 N–H and O–H groups in total. The van der Waals surface area contributed by atoms with Gasteiger partial charge in [0.05, 0.1) is 13.0 Å². The van der Waals surface area contributed by atoms with E-state index in [-0.39, 0.29) is 11.9 Å². The van der Waals surface area contributed by atoms with Crippen molar-refractivity contribution in [2.24, 2.45) is 11.8 Å². The van der Waals surface area contributed by atoms with Crippen molar-refractivity contribution < 1.29 is 9.53 Å². The molecule has 0 spiro atoms. The zero-order chi connectivity index (χ0) is 13.0. The molecule has 0 bridgehead atoms. The second-order valence-electron chi connectivity index (χ2n) is 4.88. The molecule has 1 aromatic rings. The number of carbonyl (C=O) groups is 1. The fourth-order valence-electron chi connectivity index (χ4n) is 2.55. The lowest BCUT2D eigenvalue weighted by Gasteiger charge is -2.35. The van der Waals surface area contributed by atoms with Crippen LogP contribution in [0.1, 0.15) is 18.9 Å². The van der Waals surface area contributed by atoms with Crippen LogP contribution in [0.2, 0.25) is 0 Å². The van der Waals surface area contributed by atoms with Crippen molar-refractivity contribution in [3.63, 3.8) is 0 Å². The number of methoxy groups -OCH3 is 1. The summed E-state index contributed by atoms with van der Waals surface area (Å²) >= 11 is 0. The third-order valence-corrected chi connectivity index (χ3v) is 3.51. The van der Waals surface area contributed by atoms with E-state index >= 15 is 0 Å². The summed E-state index contributed by atoms with van der Waals surface area (Å²) < 4.78 is 4.84. The van der Waals surface area contributed by atoms with Crippen LogP contribution in [0.5, 0.6) is 0 Å². The number of hydrogen-bond donors (Lipinski definition) is 0. The van der Waals surface area contributed by atoms with Crippen LogP contribution in [0.3, 0.4) is 0 Å². The second kappa shape index (κ2) is 5.91. The maximum absolute atomic E-state index is 11.6. The standard InChI is InChI=1S/C13H19N3O2/c1-10-7-16(4-3-12(10)13(17)18-2)8-11-5-14-9-15-6-11/h5-6,9-10,12H,3-4,7-8H2,1-2H3. The molecule has 2 heterocycles. The third-order valence-electron chi connectivity index (χ3n) is 3.51. The minimum Gasteiger partial charge on any atom is -0.469 e. The predicted octanol–water partition coefficient (Wildman–Crippen LogP) is 1.11. The molecule has 5 heteroatoms. The zero-order valence-corrected chi connectivity index (χ0v) is 10.9. The molecule has 2 rings (SSSR count). The maximum atomic E-state index is 11.6. The van der Waals surface area contributed by atoms with Gasteiger partial charge in [-0.25, -0.2) is 9.97 Å². The lowest BCUT2D eigenvalue weighted by atomic mass is 9.87. The molecule has 1 aliphatic rings. The van der Waals surface area contributed by atoms with Crippen molar-refractivity contribution in [3.05, 3.63) is 24.3 Å². The van der Waals surface area contributed by atoms with E-state index in [1.54, 1.807) is 0 Å². The summed E-state index contributed by atoms with van der Waals surface area (Å²) in [6.45, 7) is 4.78. The first-order chi connectivity index (χ1) is 8.70. The molecule has 98 valence electrons. The Kier molecular flexibility index (Phi) is 4.25. The van der Waals surface area contributed by atoms with Crippen LogP contribution in [0.4, 0.5) is 0 Å². The Bertz CT molecular complexity index is 396. The molecule has 1 fully saturated rings. The van der Waals surface area contributed by atoms with Gasteiger partial charge >= 0.3 is 5.97 Å². The first-order valence-corrected chi connectivity index (χ1v) is 6.24. The number of ether oxygens (including phenoxy) is 1. The lowest BCUT2D eigenvalue weighted by Crippen LogP contribution is -2.42. The van der Waals surface area contributed by atoms with Crippen LogP contribution in [0, 0.1) is 11.8 Å². The summed E-state index contributed by atoms with van der Waals surface area (Å²) in [5.41, 5.74) is 1.11. The smallest absolute Gasteiger partial charge is 0.309 e. The van der Waals surface area contributed by atoms with Gasteiger partial charge in [0.15, 0.2) is 0 Å². The third kappa shape index (κ3) is 3.04. The number of rotatable bonds is 3. The molecule has 5 nitrogen and oxygen atoms in total. The van der Waals surface area contributed by atoms with Gasteiger partial charge in [0, 0.05) is 31.0 Å². The van der Waals surface area contributed by atoms with Crippen molar-refractivity contribution >= 4 is 5.97 Å². The molecular weight excluding hydrogens is 230 g/mol.